The van der Waals surface area contributed by atoms with Crippen LogP contribution in [0.4, 0.5) is 0 Å². The zero-order valence-electron chi connectivity index (χ0n) is 10.6. The Morgan fingerprint density at radius 2 is 2.44 bits per heavy atom. The third-order valence-electron chi connectivity index (χ3n) is 3.31. The molecule has 2 rings (SSSR count). The van der Waals surface area contributed by atoms with Crippen molar-refractivity contribution in [2.24, 2.45) is 7.05 Å². The first kappa shape index (κ1) is 12.8. The first-order valence-electron chi connectivity index (χ1n) is 6.35. The van der Waals surface area contributed by atoms with Gasteiger partial charge in [0.05, 0.1) is 0 Å². The summed E-state index contributed by atoms with van der Waals surface area (Å²) in [6.45, 7) is 1.72. The second-order valence-electron chi connectivity index (χ2n) is 4.70. The molecule has 2 N–H and O–H groups in total. The molecular weight excluding hydrogens is 230 g/mol. The van der Waals surface area contributed by atoms with Crippen LogP contribution in [0.2, 0.25) is 0 Å². The number of carbonyl (C=O) groups excluding carboxylic acids is 1. The van der Waals surface area contributed by atoms with Crippen molar-refractivity contribution in [2.45, 2.75) is 25.3 Å². The number of carbonyl (C=O) groups is 1. The lowest BCUT2D eigenvalue weighted by atomic mass is 10.1. The van der Waals surface area contributed by atoms with Crippen molar-refractivity contribution >= 4 is 5.91 Å². The van der Waals surface area contributed by atoms with Crippen LogP contribution in [-0.4, -0.2) is 29.6 Å². The van der Waals surface area contributed by atoms with Crippen molar-refractivity contribution in [2.75, 3.05) is 13.1 Å². The zero-order valence-corrected chi connectivity index (χ0v) is 10.6. The Labute approximate surface area is 106 Å². The van der Waals surface area contributed by atoms with Crippen LogP contribution in [0.3, 0.4) is 0 Å². The fourth-order valence-corrected chi connectivity index (χ4v) is 2.15. The van der Waals surface area contributed by atoms with E-state index in [4.69, 9.17) is 0 Å². The molecule has 1 amide bonds. The number of aryl methyl sites for hydroxylation is 1. The maximum absolute atomic E-state index is 11.8. The van der Waals surface area contributed by atoms with Gasteiger partial charge in [0.25, 0.3) is 11.5 Å². The van der Waals surface area contributed by atoms with E-state index in [1.54, 1.807) is 19.3 Å². The summed E-state index contributed by atoms with van der Waals surface area (Å²) in [5.41, 5.74) is 0.262. The van der Waals surface area contributed by atoms with E-state index in [9.17, 15) is 9.59 Å². The zero-order chi connectivity index (χ0) is 13.0. The van der Waals surface area contributed by atoms with Gasteiger partial charge in [0.15, 0.2) is 0 Å². The quantitative estimate of drug-likeness (QED) is 0.804. The number of rotatable bonds is 4. The topological polar surface area (TPSA) is 63.1 Å². The van der Waals surface area contributed by atoms with E-state index in [0.29, 0.717) is 18.2 Å². The monoisotopic (exact) mass is 249 g/mol. The molecule has 0 unspecified atom stereocenters. The summed E-state index contributed by atoms with van der Waals surface area (Å²) in [6.07, 6.45) is 4.95. The van der Waals surface area contributed by atoms with E-state index in [0.717, 1.165) is 13.0 Å². The Morgan fingerprint density at radius 3 is 3.11 bits per heavy atom. The molecule has 1 saturated heterocycles. The molecule has 18 heavy (non-hydrogen) atoms. The van der Waals surface area contributed by atoms with Gasteiger partial charge in [-0.15, -0.1) is 0 Å². The molecule has 0 spiro atoms. The third kappa shape index (κ3) is 3.20. The molecule has 1 atom stereocenters. The van der Waals surface area contributed by atoms with Gasteiger partial charge in [-0.05, 0) is 31.9 Å². The van der Waals surface area contributed by atoms with Gasteiger partial charge in [-0.3, -0.25) is 9.59 Å². The average molecular weight is 249 g/mol. The van der Waals surface area contributed by atoms with Crippen molar-refractivity contribution in [1.82, 2.24) is 15.2 Å². The lowest BCUT2D eigenvalue weighted by Gasteiger charge is -2.10. The van der Waals surface area contributed by atoms with Crippen molar-refractivity contribution in [3.8, 4) is 0 Å². The number of aromatic nitrogens is 1. The van der Waals surface area contributed by atoms with E-state index in [2.05, 4.69) is 10.6 Å². The molecular formula is C13H19N3O2. The second-order valence-corrected chi connectivity index (χ2v) is 4.70. The molecule has 5 nitrogen and oxygen atoms in total. The van der Waals surface area contributed by atoms with Gasteiger partial charge in [0.1, 0.15) is 0 Å². The Morgan fingerprint density at radius 1 is 1.61 bits per heavy atom. The minimum Gasteiger partial charge on any atom is -0.352 e. The predicted octanol–water partition coefficient (Wildman–Crippen LogP) is 0.257. The second kappa shape index (κ2) is 5.82. The van der Waals surface area contributed by atoms with Crippen molar-refractivity contribution in [3.63, 3.8) is 0 Å². The van der Waals surface area contributed by atoms with Crippen molar-refractivity contribution < 1.29 is 4.79 Å². The van der Waals surface area contributed by atoms with E-state index < -0.39 is 0 Å². The molecule has 0 radical (unpaired) electrons. The number of hydrogen-bond donors (Lipinski definition) is 2. The van der Waals surface area contributed by atoms with Gasteiger partial charge in [-0.25, -0.2) is 0 Å². The summed E-state index contributed by atoms with van der Waals surface area (Å²) < 4.78 is 1.44. The molecule has 1 aromatic rings. The van der Waals surface area contributed by atoms with E-state index in [1.807, 2.05) is 0 Å². The molecule has 1 fully saturated rings. The average Bonchev–Trinajstić information content (AvgIpc) is 2.85. The van der Waals surface area contributed by atoms with Crippen LogP contribution < -0.4 is 16.2 Å². The summed E-state index contributed by atoms with van der Waals surface area (Å²) >= 11 is 0. The van der Waals surface area contributed by atoms with E-state index in [-0.39, 0.29) is 11.5 Å². The molecule has 5 heteroatoms. The van der Waals surface area contributed by atoms with Crippen LogP contribution in [0.5, 0.6) is 0 Å². The Bertz CT molecular complexity index is 475. The first-order valence-corrected chi connectivity index (χ1v) is 6.35. The fourth-order valence-electron chi connectivity index (χ4n) is 2.15. The highest BCUT2D eigenvalue weighted by atomic mass is 16.2. The van der Waals surface area contributed by atoms with Crippen LogP contribution in [0, 0.1) is 0 Å². The highest BCUT2D eigenvalue weighted by Crippen LogP contribution is 2.07. The summed E-state index contributed by atoms with van der Waals surface area (Å²) in [7, 11) is 1.66. The highest BCUT2D eigenvalue weighted by Gasteiger charge is 2.14. The van der Waals surface area contributed by atoms with Crippen molar-refractivity contribution in [1.29, 1.82) is 0 Å². The van der Waals surface area contributed by atoms with Crippen LogP contribution in [0.1, 0.15) is 29.6 Å². The smallest absolute Gasteiger partial charge is 0.251 e. The van der Waals surface area contributed by atoms with Gasteiger partial charge >= 0.3 is 0 Å². The van der Waals surface area contributed by atoms with Gasteiger partial charge in [0, 0.05) is 37.5 Å². The third-order valence-corrected chi connectivity index (χ3v) is 3.31. The molecule has 1 aliphatic heterocycles. The first-order chi connectivity index (χ1) is 8.66. The van der Waals surface area contributed by atoms with E-state index >= 15 is 0 Å². The summed E-state index contributed by atoms with van der Waals surface area (Å²) in [5, 5.41) is 6.23. The molecule has 2 heterocycles. The highest BCUT2D eigenvalue weighted by molar-refractivity contribution is 5.93. The Balaban J connectivity index is 1.83. The van der Waals surface area contributed by atoms with Gasteiger partial charge < -0.3 is 15.2 Å². The molecule has 1 aliphatic rings. The summed E-state index contributed by atoms with van der Waals surface area (Å²) in [5.74, 6) is -0.175. The lowest BCUT2D eigenvalue weighted by Crippen LogP contribution is -2.31. The minimum absolute atomic E-state index is 0.167. The van der Waals surface area contributed by atoms with Gasteiger partial charge in [0.2, 0.25) is 0 Å². The summed E-state index contributed by atoms with van der Waals surface area (Å²) in [6, 6.07) is 3.54. The number of hydrogen-bond acceptors (Lipinski definition) is 3. The summed E-state index contributed by atoms with van der Waals surface area (Å²) in [4.78, 5) is 23.2. The van der Waals surface area contributed by atoms with E-state index in [1.165, 1.54) is 23.5 Å². The number of nitrogens with one attached hydrogen (secondary N) is 2. The van der Waals surface area contributed by atoms with Crippen molar-refractivity contribution in [3.05, 3.63) is 34.2 Å². The normalized spacial score (nSPS) is 18.8. The molecule has 0 aromatic carbocycles. The molecule has 0 aliphatic carbocycles. The Hall–Kier alpha value is -1.62. The molecule has 98 valence electrons. The molecule has 1 aromatic heterocycles. The SMILES string of the molecule is Cn1ccc(C(=O)NCC[C@@H]2CCCN2)cc1=O. The van der Waals surface area contributed by atoms with Gasteiger partial charge in [-0.2, -0.15) is 0 Å². The molecule has 0 saturated carbocycles. The lowest BCUT2D eigenvalue weighted by molar-refractivity contribution is 0.0952. The van der Waals surface area contributed by atoms with Crippen LogP contribution in [0.25, 0.3) is 0 Å². The number of nitrogens with zero attached hydrogens (tertiary/aromatic N) is 1. The maximum Gasteiger partial charge on any atom is 0.251 e. The largest absolute Gasteiger partial charge is 0.352 e. The predicted molar refractivity (Wildman–Crippen MR) is 69.7 cm³/mol. The van der Waals surface area contributed by atoms with Crippen LogP contribution >= 0.6 is 0 Å². The fraction of sp³-hybridized carbons (Fsp3) is 0.538. The van der Waals surface area contributed by atoms with Gasteiger partial charge in [-0.1, -0.05) is 0 Å². The number of pyridine rings is 1. The maximum atomic E-state index is 11.8. The van der Waals surface area contributed by atoms with Crippen LogP contribution in [-0.2, 0) is 7.05 Å². The van der Waals surface area contributed by atoms with Crippen LogP contribution in [0.15, 0.2) is 23.1 Å². The number of amides is 1. The standard InChI is InChI=1S/C13H19N3O2/c1-16-8-5-10(9-12(16)17)13(18)15-7-4-11-3-2-6-14-11/h5,8-9,11,14H,2-4,6-7H2,1H3,(H,15,18)/t11-/m0/s1. The Kier molecular flexibility index (Phi) is 4.15. The minimum atomic E-state index is -0.175. The molecule has 0 bridgehead atoms.